The van der Waals surface area contributed by atoms with Gasteiger partial charge in [0.1, 0.15) is 18.1 Å². The minimum atomic E-state index is -1.35. The summed E-state index contributed by atoms with van der Waals surface area (Å²) in [5.74, 6) is -4.30. The minimum absolute atomic E-state index is 0.00978. The van der Waals surface area contributed by atoms with E-state index in [1.807, 2.05) is 13.8 Å². The zero-order valence-electron chi connectivity index (χ0n) is 18.5. The lowest BCUT2D eigenvalue weighted by atomic mass is 10.0. The number of thiol groups is 1. The first-order valence-corrected chi connectivity index (χ1v) is 11.0. The predicted molar refractivity (Wildman–Crippen MR) is 121 cm³/mol. The lowest BCUT2D eigenvalue weighted by Crippen LogP contribution is -2.58. The van der Waals surface area contributed by atoms with Crippen molar-refractivity contribution >= 4 is 42.2 Å². The van der Waals surface area contributed by atoms with E-state index in [0.717, 1.165) is 0 Å². The highest BCUT2D eigenvalue weighted by Crippen LogP contribution is 2.08. The van der Waals surface area contributed by atoms with Gasteiger partial charge in [0, 0.05) is 5.75 Å². The molecule has 10 N–H and O–H groups in total. The lowest BCUT2D eigenvalue weighted by Gasteiger charge is -2.25. The molecule has 13 heteroatoms. The Morgan fingerprint density at radius 3 is 1.91 bits per heavy atom. The Kier molecular flexibility index (Phi) is 14.3. The van der Waals surface area contributed by atoms with E-state index in [9.17, 15) is 29.1 Å². The third-order valence-corrected chi connectivity index (χ3v) is 4.87. The summed E-state index contributed by atoms with van der Waals surface area (Å²) in [6, 6.07) is -4.60. The molecule has 0 radical (unpaired) electrons. The monoisotopic (exact) mass is 476 g/mol. The Bertz CT molecular complexity index is 662. The Balaban J connectivity index is 5.42. The van der Waals surface area contributed by atoms with Gasteiger partial charge < -0.3 is 38.3 Å². The van der Waals surface area contributed by atoms with Crippen molar-refractivity contribution in [1.29, 1.82) is 0 Å². The molecule has 12 nitrogen and oxygen atoms in total. The molecule has 0 saturated carbocycles. The zero-order chi connectivity index (χ0) is 24.8. The fourth-order valence-electron chi connectivity index (χ4n) is 2.77. The maximum absolute atomic E-state index is 12.8. The van der Waals surface area contributed by atoms with E-state index >= 15 is 0 Å². The van der Waals surface area contributed by atoms with Crippen LogP contribution in [0.25, 0.3) is 0 Å². The number of aliphatic carboxylic acids is 1. The van der Waals surface area contributed by atoms with Gasteiger partial charge in [-0.25, -0.2) is 4.79 Å². The van der Waals surface area contributed by atoms with Crippen molar-refractivity contribution in [1.82, 2.24) is 16.0 Å². The molecular weight excluding hydrogens is 440 g/mol. The van der Waals surface area contributed by atoms with Crippen LogP contribution in [0.2, 0.25) is 0 Å². The Morgan fingerprint density at radius 2 is 1.44 bits per heavy atom. The molecule has 0 aliphatic carbocycles. The SMILES string of the molecule is CC(C)CC(NC(=O)C(CC(N)=O)NC(=O)C(N)CS)C(=O)NC(CCCCN)C(=O)O. The second-order valence-electron chi connectivity index (χ2n) is 7.90. The maximum Gasteiger partial charge on any atom is 0.326 e. The predicted octanol–water partition coefficient (Wildman–Crippen LogP) is -2.17. The van der Waals surface area contributed by atoms with Crippen LogP contribution < -0.4 is 33.2 Å². The van der Waals surface area contributed by atoms with E-state index in [-0.39, 0.29) is 24.5 Å². The van der Waals surface area contributed by atoms with Gasteiger partial charge >= 0.3 is 5.97 Å². The first-order valence-electron chi connectivity index (χ1n) is 10.4. The van der Waals surface area contributed by atoms with E-state index in [4.69, 9.17) is 17.2 Å². The number of carbonyl (C=O) groups excluding carboxylic acids is 4. The van der Waals surface area contributed by atoms with Crippen LogP contribution in [0.15, 0.2) is 0 Å². The van der Waals surface area contributed by atoms with Crippen molar-refractivity contribution in [3.8, 4) is 0 Å². The van der Waals surface area contributed by atoms with Crippen molar-refractivity contribution in [2.45, 2.75) is 70.1 Å². The fourth-order valence-corrected chi connectivity index (χ4v) is 2.94. The van der Waals surface area contributed by atoms with Crippen molar-refractivity contribution < 1.29 is 29.1 Å². The number of carboxylic acids is 1. The van der Waals surface area contributed by atoms with E-state index in [1.54, 1.807) is 0 Å². The number of carboxylic acid groups (broad SMARTS) is 1. The van der Waals surface area contributed by atoms with Gasteiger partial charge in [0.15, 0.2) is 0 Å². The number of nitrogens with two attached hydrogens (primary N) is 3. The third kappa shape index (κ3) is 11.9. The van der Waals surface area contributed by atoms with Gasteiger partial charge in [-0.1, -0.05) is 13.8 Å². The number of hydrogen-bond donors (Lipinski definition) is 8. The Labute approximate surface area is 193 Å². The smallest absolute Gasteiger partial charge is 0.326 e. The summed E-state index contributed by atoms with van der Waals surface area (Å²) >= 11 is 3.91. The first-order chi connectivity index (χ1) is 14.9. The quantitative estimate of drug-likeness (QED) is 0.0902. The van der Waals surface area contributed by atoms with Gasteiger partial charge in [-0.3, -0.25) is 19.2 Å². The highest BCUT2D eigenvalue weighted by molar-refractivity contribution is 7.80. The van der Waals surface area contributed by atoms with E-state index in [1.165, 1.54) is 0 Å². The number of nitrogens with one attached hydrogen (secondary N) is 3. The number of amides is 4. The topological polar surface area (TPSA) is 220 Å². The summed E-state index contributed by atoms with van der Waals surface area (Å²) in [5, 5.41) is 16.6. The molecule has 4 unspecified atom stereocenters. The number of primary amides is 1. The molecule has 0 aliphatic rings. The summed E-state index contributed by atoms with van der Waals surface area (Å²) in [6.07, 6.45) is 0.980. The van der Waals surface area contributed by atoms with Gasteiger partial charge in [-0.15, -0.1) is 0 Å². The van der Waals surface area contributed by atoms with Crippen molar-refractivity contribution in [2.75, 3.05) is 12.3 Å². The molecule has 184 valence electrons. The molecule has 4 atom stereocenters. The highest BCUT2D eigenvalue weighted by atomic mass is 32.1. The summed E-state index contributed by atoms with van der Waals surface area (Å²) in [7, 11) is 0. The summed E-state index contributed by atoms with van der Waals surface area (Å²) in [5.41, 5.74) is 16.2. The van der Waals surface area contributed by atoms with Gasteiger partial charge in [-0.2, -0.15) is 12.6 Å². The molecule has 0 aliphatic heterocycles. The third-order valence-electron chi connectivity index (χ3n) is 4.47. The molecule has 0 aromatic rings. The molecule has 0 bridgehead atoms. The average Bonchev–Trinajstić information content (AvgIpc) is 2.70. The molecule has 0 aromatic carbocycles. The number of carbonyl (C=O) groups is 5. The molecule has 0 fully saturated rings. The lowest BCUT2D eigenvalue weighted by molar-refractivity contribution is -0.142. The first kappa shape index (κ1) is 29.6. The van der Waals surface area contributed by atoms with Crippen LogP contribution in [-0.2, 0) is 24.0 Å². The summed E-state index contributed by atoms with van der Waals surface area (Å²) in [6.45, 7) is 4.03. The van der Waals surface area contributed by atoms with Gasteiger partial charge in [0.05, 0.1) is 12.5 Å². The van der Waals surface area contributed by atoms with E-state index in [0.29, 0.717) is 19.4 Å². The standard InChI is InChI=1S/C19H36N6O6S/c1-10(2)7-13(17(28)23-12(19(30)31)5-3-4-6-20)25-18(29)14(8-15(22)26)24-16(27)11(21)9-32/h10-14,32H,3-9,20-21H2,1-2H3,(H2,22,26)(H,23,28)(H,24,27)(H,25,29)(H,30,31). The molecule has 0 saturated heterocycles. The Morgan fingerprint density at radius 1 is 0.906 bits per heavy atom. The molecule has 32 heavy (non-hydrogen) atoms. The van der Waals surface area contributed by atoms with Gasteiger partial charge in [0.25, 0.3) is 0 Å². The van der Waals surface area contributed by atoms with Crippen LogP contribution in [0.4, 0.5) is 0 Å². The van der Waals surface area contributed by atoms with Crippen LogP contribution >= 0.6 is 12.6 Å². The molecule has 4 amide bonds. The summed E-state index contributed by atoms with van der Waals surface area (Å²) in [4.78, 5) is 60.4. The Hall–Kier alpha value is -2.38. The van der Waals surface area contributed by atoms with Crippen LogP contribution in [-0.4, -0.2) is 71.2 Å². The largest absolute Gasteiger partial charge is 0.480 e. The number of unbranched alkanes of at least 4 members (excludes halogenated alkanes) is 1. The highest BCUT2D eigenvalue weighted by Gasteiger charge is 2.31. The second-order valence-corrected chi connectivity index (χ2v) is 8.26. The van der Waals surface area contributed by atoms with Gasteiger partial charge in [-0.05, 0) is 38.1 Å². The van der Waals surface area contributed by atoms with Crippen molar-refractivity contribution in [2.24, 2.45) is 23.1 Å². The number of hydrogen-bond acceptors (Lipinski definition) is 8. The molecule has 0 spiro atoms. The molecular formula is C19H36N6O6S. The van der Waals surface area contributed by atoms with Crippen LogP contribution in [0.5, 0.6) is 0 Å². The fraction of sp³-hybridized carbons (Fsp3) is 0.737. The van der Waals surface area contributed by atoms with E-state index < -0.39 is 60.2 Å². The van der Waals surface area contributed by atoms with Crippen molar-refractivity contribution in [3.05, 3.63) is 0 Å². The van der Waals surface area contributed by atoms with Gasteiger partial charge in [0.2, 0.25) is 23.6 Å². The second kappa shape index (κ2) is 15.4. The van der Waals surface area contributed by atoms with E-state index in [2.05, 4.69) is 28.6 Å². The molecule has 0 heterocycles. The molecule has 0 rings (SSSR count). The van der Waals surface area contributed by atoms with Crippen molar-refractivity contribution in [3.63, 3.8) is 0 Å². The maximum atomic E-state index is 12.8. The van der Waals surface area contributed by atoms with Crippen LogP contribution in [0, 0.1) is 5.92 Å². The van der Waals surface area contributed by atoms with Crippen LogP contribution in [0.3, 0.4) is 0 Å². The zero-order valence-corrected chi connectivity index (χ0v) is 19.4. The number of rotatable bonds is 16. The van der Waals surface area contributed by atoms with Crippen LogP contribution in [0.1, 0.15) is 46.0 Å². The summed E-state index contributed by atoms with van der Waals surface area (Å²) < 4.78 is 0. The minimum Gasteiger partial charge on any atom is -0.480 e. The molecule has 0 aromatic heterocycles. The average molecular weight is 477 g/mol. The normalized spacial score (nSPS) is 14.7.